The lowest BCUT2D eigenvalue weighted by molar-refractivity contribution is 0.0484. The molecule has 0 fully saturated rings. The summed E-state index contributed by atoms with van der Waals surface area (Å²) in [5.74, 6) is -1.90. The Morgan fingerprint density at radius 1 is 1.07 bits per heavy atom. The third kappa shape index (κ3) is 4.80. The van der Waals surface area contributed by atoms with E-state index in [4.69, 9.17) is 0 Å². The van der Waals surface area contributed by atoms with Crippen LogP contribution < -0.4 is 4.72 Å². The van der Waals surface area contributed by atoms with Crippen molar-refractivity contribution in [3.8, 4) is 5.75 Å². The molecule has 2 aromatic carbocycles. The zero-order chi connectivity index (χ0) is 21.1. The van der Waals surface area contributed by atoms with Gasteiger partial charge < -0.3 is 15.3 Å². The Labute approximate surface area is 168 Å². The van der Waals surface area contributed by atoms with Crippen molar-refractivity contribution in [1.29, 1.82) is 0 Å². The summed E-state index contributed by atoms with van der Waals surface area (Å²) >= 11 is 0. The van der Waals surface area contributed by atoms with E-state index in [0.717, 1.165) is 12.1 Å². The highest BCUT2D eigenvalue weighted by molar-refractivity contribution is 7.89. The van der Waals surface area contributed by atoms with Gasteiger partial charge >= 0.3 is 0 Å². The van der Waals surface area contributed by atoms with Gasteiger partial charge in [0, 0.05) is 17.6 Å². The molecule has 1 aliphatic rings. The number of aliphatic hydroxyl groups excluding tert-OH is 1. The van der Waals surface area contributed by atoms with Crippen LogP contribution in [-0.2, 0) is 10.0 Å². The Hall–Kier alpha value is -3.20. The second-order valence-corrected chi connectivity index (χ2v) is 8.15. The molecule has 3 rings (SSSR count). The second-order valence-electron chi connectivity index (χ2n) is 6.47. The maximum atomic E-state index is 12.7. The predicted octanol–water partition coefficient (Wildman–Crippen LogP) is 2.43. The van der Waals surface area contributed by atoms with Crippen LogP contribution in [0.25, 0.3) is 0 Å². The molecule has 0 radical (unpaired) electrons. The van der Waals surface area contributed by atoms with Gasteiger partial charge in [-0.1, -0.05) is 48.6 Å². The Morgan fingerprint density at radius 2 is 1.79 bits per heavy atom. The van der Waals surface area contributed by atoms with Crippen LogP contribution >= 0.6 is 0 Å². The monoisotopic (exact) mass is 413 g/mol. The van der Waals surface area contributed by atoms with Crippen molar-refractivity contribution in [3.05, 3.63) is 96.3 Å². The van der Waals surface area contributed by atoms with Gasteiger partial charge in [0.05, 0.1) is 4.90 Å². The van der Waals surface area contributed by atoms with Crippen molar-refractivity contribution in [1.82, 2.24) is 4.72 Å². The lowest BCUT2D eigenvalue weighted by Gasteiger charge is -2.32. The summed E-state index contributed by atoms with van der Waals surface area (Å²) in [7, 11) is -4.26. The molecule has 150 valence electrons. The predicted molar refractivity (Wildman–Crippen MR) is 107 cm³/mol. The van der Waals surface area contributed by atoms with Crippen molar-refractivity contribution >= 4 is 15.8 Å². The van der Waals surface area contributed by atoms with E-state index in [1.807, 2.05) is 0 Å². The number of sulfonamides is 1. The van der Waals surface area contributed by atoms with E-state index in [0.29, 0.717) is 5.56 Å². The van der Waals surface area contributed by atoms with E-state index in [1.54, 1.807) is 30.3 Å². The molecule has 8 heteroatoms. The van der Waals surface area contributed by atoms with Crippen LogP contribution in [-0.4, -0.2) is 35.2 Å². The molecule has 29 heavy (non-hydrogen) atoms. The molecular formula is C21H19NO6S. The molecule has 0 bridgehead atoms. The van der Waals surface area contributed by atoms with Crippen LogP contribution in [0.4, 0.5) is 0 Å². The maximum absolute atomic E-state index is 12.7. The Balaban J connectivity index is 1.88. The molecule has 0 heterocycles. The molecule has 0 aliphatic heterocycles. The molecule has 0 spiro atoms. The standard InChI is InChI=1S/C21H19NO6S/c23-17-7-4-8-19(13-17)29(27,28)22-21(26)14-18(24)11-9-16(21)10-12-20(25)15-5-2-1-3-6-15/h1-14,16,22-24,26H/b12-10+. The normalized spacial score (nSPS) is 21.8. The van der Waals surface area contributed by atoms with Gasteiger partial charge in [-0.25, -0.2) is 8.42 Å². The number of allylic oxidation sites excluding steroid dienone is 2. The summed E-state index contributed by atoms with van der Waals surface area (Å²) in [5, 5.41) is 30.3. The van der Waals surface area contributed by atoms with E-state index in [-0.39, 0.29) is 22.2 Å². The van der Waals surface area contributed by atoms with Gasteiger partial charge in [0.25, 0.3) is 0 Å². The molecule has 1 aliphatic carbocycles. The highest BCUT2D eigenvalue weighted by Crippen LogP contribution is 2.28. The molecular weight excluding hydrogens is 394 g/mol. The molecule has 2 unspecified atom stereocenters. The van der Waals surface area contributed by atoms with Crippen molar-refractivity contribution < 1.29 is 28.5 Å². The fourth-order valence-electron chi connectivity index (χ4n) is 2.84. The summed E-state index contributed by atoms with van der Waals surface area (Å²) in [6.07, 6.45) is 6.18. The van der Waals surface area contributed by atoms with Crippen LogP contribution in [0.5, 0.6) is 5.75 Å². The van der Waals surface area contributed by atoms with Gasteiger partial charge in [-0.2, -0.15) is 4.72 Å². The van der Waals surface area contributed by atoms with Crippen molar-refractivity contribution in [3.63, 3.8) is 0 Å². The first-order valence-electron chi connectivity index (χ1n) is 8.63. The minimum Gasteiger partial charge on any atom is -0.508 e. The number of benzene rings is 2. The summed E-state index contributed by atoms with van der Waals surface area (Å²) in [5.41, 5.74) is -1.79. The van der Waals surface area contributed by atoms with Crippen molar-refractivity contribution in [2.45, 2.75) is 10.6 Å². The molecule has 4 N–H and O–H groups in total. The number of rotatable bonds is 6. The molecule has 0 saturated heterocycles. The van der Waals surface area contributed by atoms with Crippen LogP contribution in [0.1, 0.15) is 10.4 Å². The highest BCUT2D eigenvalue weighted by Gasteiger charge is 2.39. The van der Waals surface area contributed by atoms with Gasteiger partial charge in [0.1, 0.15) is 11.5 Å². The molecule has 2 aromatic rings. The fraction of sp³-hybridized carbons (Fsp3) is 0.0952. The Morgan fingerprint density at radius 3 is 2.48 bits per heavy atom. The third-order valence-corrected chi connectivity index (χ3v) is 5.76. The number of aliphatic hydroxyl groups is 2. The van der Waals surface area contributed by atoms with E-state index < -0.39 is 21.7 Å². The number of phenols is 1. The first-order chi connectivity index (χ1) is 13.7. The number of ketones is 1. The van der Waals surface area contributed by atoms with Crippen LogP contribution in [0.2, 0.25) is 0 Å². The number of aromatic hydroxyl groups is 1. The third-order valence-electron chi connectivity index (χ3n) is 4.29. The topological polar surface area (TPSA) is 124 Å². The zero-order valence-electron chi connectivity index (χ0n) is 15.1. The fourth-order valence-corrected chi connectivity index (χ4v) is 4.12. The number of nitrogens with one attached hydrogen (secondary N) is 1. The van der Waals surface area contributed by atoms with E-state index in [2.05, 4.69) is 4.72 Å². The summed E-state index contributed by atoms with van der Waals surface area (Å²) in [6, 6.07) is 13.4. The van der Waals surface area contributed by atoms with E-state index in [9.17, 15) is 28.5 Å². The number of carbonyl (C=O) groups is 1. The van der Waals surface area contributed by atoms with Crippen LogP contribution in [0.3, 0.4) is 0 Å². The molecule has 0 saturated carbocycles. The van der Waals surface area contributed by atoms with E-state index >= 15 is 0 Å². The minimum absolute atomic E-state index is 0.258. The molecule has 0 amide bonds. The molecule has 7 nitrogen and oxygen atoms in total. The summed E-state index contributed by atoms with van der Waals surface area (Å²) in [6.45, 7) is 0. The van der Waals surface area contributed by atoms with Crippen LogP contribution in [0.15, 0.2) is 95.6 Å². The van der Waals surface area contributed by atoms with Gasteiger partial charge in [0.2, 0.25) is 10.0 Å². The first kappa shape index (κ1) is 20.5. The van der Waals surface area contributed by atoms with Gasteiger partial charge in [-0.05, 0) is 30.4 Å². The highest BCUT2D eigenvalue weighted by atomic mass is 32.2. The van der Waals surface area contributed by atoms with Gasteiger partial charge in [-0.15, -0.1) is 0 Å². The number of hydrogen-bond acceptors (Lipinski definition) is 6. The average Bonchev–Trinajstić information content (AvgIpc) is 2.67. The van der Waals surface area contributed by atoms with Gasteiger partial charge in [0.15, 0.2) is 11.5 Å². The Kier molecular flexibility index (Phi) is 5.69. The summed E-state index contributed by atoms with van der Waals surface area (Å²) in [4.78, 5) is 12.0. The maximum Gasteiger partial charge on any atom is 0.243 e. The smallest absolute Gasteiger partial charge is 0.243 e. The molecule has 2 atom stereocenters. The lowest BCUT2D eigenvalue weighted by Crippen LogP contribution is -2.52. The van der Waals surface area contributed by atoms with Crippen molar-refractivity contribution in [2.24, 2.45) is 5.92 Å². The number of hydrogen-bond donors (Lipinski definition) is 4. The Bertz CT molecular complexity index is 1110. The average molecular weight is 413 g/mol. The SMILES string of the molecule is O=C(/C=C/C1C=CC(O)=CC1(O)NS(=O)(=O)c1cccc(O)c1)c1ccccc1. The zero-order valence-corrected chi connectivity index (χ0v) is 16.0. The quantitative estimate of drug-likeness (QED) is 0.328. The molecule has 0 aromatic heterocycles. The van der Waals surface area contributed by atoms with E-state index in [1.165, 1.54) is 42.5 Å². The number of carbonyl (C=O) groups excluding carboxylic acids is 1. The summed E-state index contributed by atoms with van der Waals surface area (Å²) < 4.78 is 27.4. The largest absolute Gasteiger partial charge is 0.508 e. The van der Waals surface area contributed by atoms with Crippen molar-refractivity contribution in [2.75, 3.05) is 0 Å². The lowest BCUT2D eigenvalue weighted by atomic mass is 9.90. The second kappa shape index (κ2) is 8.04. The first-order valence-corrected chi connectivity index (χ1v) is 10.1. The van der Waals surface area contributed by atoms with Crippen LogP contribution in [0, 0.1) is 5.92 Å². The van der Waals surface area contributed by atoms with Gasteiger partial charge in [-0.3, -0.25) is 4.79 Å². The minimum atomic E-state index is -4.26. The number of phenolic OH excluding ortho intramolecular Hbond substituents is 1.